The second kappa shape index (κ2) is 8.52. The third-order valence-corrected chi connectivity index (χ3v) is 12.9. The van der Waals surface area contributed by atoms with E-state index in [1.807, 2.05) is 0 Å². The van der Waals surface area contributed by atoms with Gasteiger partial charge in [0.05, 0.1) is 17.8 Å². The highest BCUT2D eigenvalue weighted by atomic mass is 16.7. The maximum absolute atomic E-state index is 10.9. The van der Waals surface area contributed by atoms with E-state index in [0.29, 0.717) is 17.8 Å². The molecule has 5 nitrogen and oxygen atoms in total. The largest absolute Gasteiger partial charge is 0.393 e. The van der Waals surface area contributed by atoms with Crippen LogP contribution in [0.25, 0.3) is 0 Å². The lowest BCUT2D eigenvalue weighted by atomic mass is 9.41. The summed E-state index contributed by atoms with van der Waals surface area (Å²) in [4.78, 5) is 0. The number of fused-ring (bicyclic) bond motifs is 5. The fraction of sp³-hybridized carbons (Fsp3) is 0.935. The summed E-state index contributed by atoms with van der Waals surface area (Å²) in [6.45, 7) is 15.5. The maximum Gasteiger partial charge on any atom is 0.160 e. The van der Waals surface area contributed by atoms with Crippen molar-refractivity contribution in [1.29, 1.82) is 0 Å². The Bertz CT molecular complexity index is 890. The summed E-state index contributed by atoms with van der Waals surface area (Å²) in [5.41, 5.74) is 1.01. The van der Waals surface area contributed by atoms with Crippen LogP contribution >= 0.6 is 0 Å². The molecule has 0 aromatic heterocycles. The fourth-order valence-corrected chi connectivity index (χ4v) is 10.4. The summed E-state index contributed by atoms with van der Waals surface area (Å²) in [5.74, 6) is 1.81. The summed E-state index contributed by atoms with van der Waals surface area (Å²) in [5, 5.41) is 32.1. The average molecular weight is 505 g/mol. The SMILES string of the molecule is CO[C@H]1O[C@@H]([C@H](O)C(C)(C)O)C[C@@H]1[C@@H]1CC[C@]2(C)C3=CC[C@H]4C(C)(C)[C@H](O)CC[C@]4(C)[C@H]3CC[C@@]12C. The first-order valence-corrected chi connectivity index (χ1v) is 14.6. The van der Waals surface area contributed by atoms with Gasteiger partial charge in [-0.1, -0.05) is 46.3 Å². The minimum Gasteiger partial charge on any atom is -0.393 e. The van der Waals surface area contributed by atoms with Crippen molar-refractivity contribution in [2.45, 2.75) is 130 Å². The van der Waals surface area contributed by atoms with E-state index >= 15 is 0 Å². The molecule has 0 bridgehead atoms. The van der Waals surface area contributed by atoms with Crippen LogP contribution in [-0.2, 0) is 9.47 Å². The molecule has 0 spiro atoms. The molecule has 5 heteroatoms. The van der Waals surface area contributed by atoms with Gasteiger partial charge in [0.25, 0.3) is 0 Å². The lowest BCUT2D eigenvalue weighted by Gasteiger charge is -2.64. The summed E-state index contributed by atoms with van der Waals surface area (Å²) in [7, 11) is 1.72. The quantitative estimate of drug-likeness (QED) is 0.443. The third kappa shape index (κ3) is 3.58. The molecule has 0 amide bonds. The molecule has 0 aromatic rings. The number of hydrogen-bond acceptors (Lipinski definition) is 5. The third-order valence-electron chi connectivity index (χ3n) is 12.9. The first-order chi connectivity index (χ1) is 16.6. The number of methoxy groups -OCH3 is 1. The molecular weight excluding hydrogens is 452 g/mol. The zero-order valence-corrected chi connectivity index (χ0v) is 24.0. The van der Waals surface area contributed by atoms with Gasteiger partial charge in [0, 0.05) is 13.0 Å². The van der Waals surface area contributed by atoms with Gasteiger partial charge >= 0.3 is 0 Å². The molecule has 4 fully saturated rings. The second-order valence-corrected chi connectivity index (χ2v) is 15.1. The molecule has 5 rings (SSSR count). The predicted molar refractivity (Wildman–Crippen MR) is 141 cm³/mol. The molecule has 3 saturated carbocycles. The Balaban J connectivity index is 1.45. The highest BCUT2D eigenvalue weighted by molar-refractivity contribution is 5.33. The van der Waals surface area contributed by atoms with Gasteiger partial charge in [0.15, 0.2) is 6.29 Å². The van der Waals surface area contributed by atoms with E-state index in [4.69, 9.17) is 9.47 Å². The topological polar surface area (TPSA) is 79.2 Å². The van der Waals surface area contributed by atoms with Crippen molar-refractivity contribution < 1.29 is 24.8 Å². The van der Waals surface area contributed by atoms with E-state index in [2.05, 4.69) is 40.7 Å². The summed E-state index contributed by atoms with van der Waals surface area (Å²) >= 11 is 0. The Morgan fingerprint density at radius 3 is 2.39 bits per heavy atom. The summed E-state index contributed by atoms with van der Waals surface area (Å²) < 4.78 is 12.1. The van der Waals surface area contributed by atoms with Crippen LogP contribution in [0.3, 0.4) is 0 Å². The van der Waals surface area contributed by atoms with E-state index in [9.17, 15) is 15.3 Å². The fourth-order valence-electron chi connectivity index (χ4n) is 10.4. The molecule has 1 saturated heterocycles. The van der Waals surface area contributed by atoms with Crippen molar-refractivity contribution in [3.8, 4) is 0 Å². The van der Waals surface area contributed by atoms with E-state index in [1.54, 1.807) is 26.5 Å². The first-order valence-electron chi connectivity index (χ1n) is 14.6. The van der Waals surface area contributed by atoms with Crippen molar-refractivity contribution in [3.05, 3.63) is 11.6 Å². The first kappa shape index (κ1) is 27.1. The molecule has 1 heterocycles. The van der Waals surface area contributed by atoms with Crippen LogP contribution in [-0.4, -0.2) is 52.6 Å². The molecule has 0 unspecified atom stereocenters. The highest BCUT2D eigenvalue weighted by Crippen LogP contribution is 2.73. The van der Waals surface area contributed by atoms with E-state index in [-0.39, 0.29) is 40.0 Å². The second-order valence-electron chi connectivity index (χ2n) is 15.1. The summed E-state index contributed by atoms with van der Waals surface area (Å²) in [6.07, 6.45) is 9.34. The minimum absolute atomic E-state index is 0.0436. The molecule has 36 heavy (non-hydrogen) atoms. The number of hydrogen-bond donors (Lipinski definition) is 3. The van der Waals surface area contributed by atoms with Gasteiger partial charge in [0.2, 0.25) is 0 Å². The Morgan fingerprint density at radius 1 is 1.06 bits per heavy atom. The number of aliphatic hydroxyl groups is 3. The minimum atomic E-state index is -1.20. The zero-order valence-electron chi connectivity index (χ0n) is 24.0. The lowest BCUT2D eigenvalue weighted by molar-refractivity contribution is -0.184. The van der Waals surface area contributed by atoms with E-state index in [0.717, 1.165) is 32.1 Å². The van der Waals surface area contributed by atoms with Gasteiger partial charge in [-0.3, -0.25) is 0 Å². The van der Waals surface area contributed by atoms with Crippen LogP contribution in [0.2, 0.25) is 0 Å². The molecule has 11 atom stereocenters. The van der Waals surface area contributed by atoms with Crippen LogP contribution in [0.5, 0.6) is 0 Å². The van der Waals surface area contributed by atoms with E-state index < -0.39 is 17.8 Å². The number of rotatable bonds is 4. The van der Waals surface area contributed by atoms with Gasteiger partial charge < -0.3 is 24.8 Å². The Morgan fingerprint density at radius 2 is 1.75 bits per heavy atom. The van der Waals surface area contributed by atoms with Crippen LogP contribution in [0.1, 0.15) is 99.8 Å². The maximum atomic E-state index is 10.9. The van der Waals surface area contributed by atoms with Gasteiger partial charge in [0.1, 0.15) is 6.10 Å². The smallest absolute Gasteiger partial charge is 0.160 e. The zero-order chi connectivity index (χ0) is 26.5. The molecule has 0 aromatic carbocycles. The van der Waals surface area contributed by atoms with Crippen LogP contribution in [0, 0.1) is 45.3 Å². The monoisotopic (exact) mass is 504 g/mol. The van der Waals surface area contributed by atoms with Crippen molar-refractivity contribution in [2.24, 2.45) is 45.3 Å². The number of ether oxygens (including phenoxy) is 2. The molecule has 4 aliphatic carbocycles. The molecule has 0 radical (unpaired) electrons. The Hall–Kier alpha value is -0.460. The summed E-state index contributed by atoms with van der Waals surface area (Å²) in [6, 6.07) is 0. The average Bonchev–Trinajstić information content (AvgIpc) is 3.33. The van der Waals surface area contributed by atoms with E-state index in [1.165, 1.54) is 19.3 Å². The Labute approximate surface area is 219 Å². The van der Waals surface area contributed by atoms with Crippen molar-refractivity contribution >= 4 is 0 Å². The lowest BCUT2D eigenvalue weighted by Crippen LogP contribution is -2.58. The van der Waals surface area contributed by atoms with Crippen LogP contribution in [0.15, 0.2) is 11.6 Å². The van der Waals surface area contributed by atoms with Crippen molar-refractivity contribution in [1.82, 2.24) is 0 Å². The Kier molecular flexibility index (Phi) is 6.42. The number of allylic oxidation sites excluding steroid dienone is 2. The normalized spacial score (nSPS) is 51.2. The molecule has 1 aliphatic heterocycles. The molecular formula is C31H52O5. The predicted octanol–water partition coefficient (Wildman–Crippen LogP) is 5.46. The van der Waals surface area contributed by atoms with Gasteiger partial charge in [-0.25, -0.2) is 0 Å². The van der Waals surface area contributed by atoms with Crippen LogP contribution < -0.4 is 0 Å². The highest BCUT2D eigenvalue weighted by Gasteiger charge is 2.66. The number of aliphatic hydroxyl groups excluding tert-OH is 2. The molecule has 206 valence electrons. The standard InChI is InChI=1S/C31H52O5/c1-27(2)23-10-9-21-20(29(23,5)14-13-24(27)32)12-16-30(6)19(11-15-31(21,30)7)18-17-22(36-26(18)35-8)25(33)28(3,4)34/h9,18-20,22-26,32-34H,10-17H2,1-8H3/t18-,19+,20+,22-,23+,24-,25+,26+,29-,30+,31-/m1/s1. The van der Waals surface area contributed by atoms with Crippen LogP contribution in [0.4, 0.5) is 0 Å². The van der Waals surface area contributed by atoms with Gasteiger partial charge in [-0.05, 0) is 105 Å². The van der Waals surface area contributed by atoms with Crippen molar-refractivity contribution in [3.63, 3.8) is 0 Å². The molecule has 5 aliphatic rings. The van der Waals surface area contributed by atoms with Crippen molar-refractivity contribution in [2.75, 3.05) is 7.11 Å². The molecule has 3 N–H and O–H groups in total. The van der Waals surface area contributed by atoms with Gasteiger partial charge in [-0.15, -0.1) is 0 Å². The van der Waals surface area contributed by atoms with Gasteiger partial charge in [-0.2, -0.15) is 0 Å².